The highest BCUT2D eigenvalue weighted by Crippen LogP contribution is 2.27. The van der Waals surface area contributed by atoms with Gasteiger partial charge in [-0.3, -0.25) is 0 Å². The maximum Gasteiger partial charge on any atom is 0.149 e. The van der Waals surface area contributed by atoms with Crippen LogP contribution in [0.25, 0.3) is 11.3 Å². The Hall–Kier alpha value is -1.55. The normalized spacial score (nSPS) is 11.1. The van der Waals surface area contributed by atoms with Gasteiger partial charge in [0.05, 0.1) is 0 Å². The molecule has 1 aromatic heterocycles. The molecule has 0 aliphatic heterocycles. The Morgan fingerprint density at radius 2 is 2.12 bits per heavy atom. The lowest BCUT2D eigenvalue weighted by atomic mass is 10.1. The van der Waals surface area contributed by atoms with Crippen molar-refractivity contribution in [3.8, 4) is 11.3 Å². The van der Waals surface area contributed by atoms with Crippen LogP contribution >= 0.6 is 15.9 Å². The largest absolute Gasteiger partial charge is 0.455 e. The van der Waals surface area contributed by atoms with Gasteiger partial charge in [-0.1, -0.05) is 21.1 Å². The van der Waals surface area contributed by atoms with Crippen LogP contribution in [0, 0.1) is 6.92 Å². The van der Waals surface area contributed by atoms with Crippen LogP contribution in [0.2, 0.25) is 0 Å². The molecule has 0 amide bonds. The molecule has 0 unspecified atom stereocenters. The molecule has 2 aromatic rings. The second-order valence-electron chi connectivity index (χ2n) is 3.41. The molecule has 0 atom stereocenters. The number of benzene rings is 1. The van der Waals surface area contributed by atoms with E-state index in [1.54, 1.807) is 6.07 Å². The molecule has 3 nitrogen and oxygen atoms in total. The van der Waals surface area contributed by atoms with Crippen LogP contribution in [0.4, 0.5) is 0 Å². The van der Waals surface area contributed by atoms with Gasteiger partial charge in [-0.25, -0.2) is 0 Å². The molecule has 0 spiro atoms. The van der Waals surface area contributed by atoms with E-state index in [9.17, 15) is 0 Å². The van der Waals surface area contributed by atoms with Gasteiger partial charge in [0.1, 0.15) is 17.7 Å². The fourth-order valence-corrected chi connectivity index (χ4v) is 2.00. The van der Waals surface area contributed by atoms with Crippen molar-refractivity contribution in [2.24, 2.45) is 5.16 Å². The van der Waals surface area contributed by atoms with Crippen molar-refractivity contribution in [2.75, 3.05) is 0 Å². The third-order valence-electron chi connectivity index (χ3n) is 2.27. The molecule has 0 aliphatic rings. The fourth-order valence-electron chi connectivity index (χ4n) is 1.53. The monoisotopic (exact) mass is 279 g/mol. The summed E-state index contributed by atoms with van der Waals surface area (Å²) in [5.41, 5.74) is 2.15. The van der Waals surface area contributed by atoms with Gasteiger partial charge < -0.3 is 9.62 Å². The van der Waals surface area contributed by atoms with Crippen molar-refractivity contribution in [2.45, 2.75) is 6.92 Å². The van der Waals surface area contributed by atoms with Crippen LogP contribution in [0.1, 0.15) is 11.3 Å². The highest BCUT2D eigenvalue weighted by atomic mass is 79.9. The smallest absolute Gasteiger partial charge is 0.149 e. The van der Waals surface area contributed by atoms with Crippen LogP contribution in [0.15, 0.2) is 44.4 Å². The average Bonchev–Trinajstić information content (AvgIpc) is 2.67. The van der Waals surface area contributed by atoms with Crippen molar-refractivity contribution in [3.63, 3.8) is 0 Å². The molecule has 1 heterocycles. The van der Waals surface area contributed by atoms with Crippen LogP contribution in [-0.2, 0) is 0 Å². The van der Waals surface area contributed by atoms with Crippen LogP contribution in [0.3, 0.4) is 0 Å². The maximum absolute atomic E-state index is 8.39. The standard InChI is InChI=1S/C12H10BrNO2/c1-8-6-9(13)2-4-11(8)12-5-3-10(16-12)7-14-15/h2-7,15H,1H3/b14-7-. The molecule has 0 saturated carbocycles. The predicted octanol–water partition coefficient (Wildman–Crippen LogP) is 3.83. The van der Waals surface area contributed by atoms with E-state index in [1.165, 1.54) is 6.21 Å². The van der Waals surface area contributed by atoms with Gasteiger partial charge in [0, 0.05) is 10.0 Å². The van der Waals surface area contributed by atoms with Gasteiger partial charge in [0.15, 0.2) is 0 Å². The van der Waals surface area contributed by atoms with Gasteiger partial charge in [-0.2, -0.15) is 0 Å². The number of nitrogens with zero attached hydrogens (tertiary/aromatic N) is 1. The Morgan fingerprint density at radius 1 is 1.31 bits per heavy atom. The Bertz CT molecular complexity index is 532. The molecular formula is C12H10BrNO2. The highest BCUT2D eigenvalue weighted by Gasteiger charge is 2.06. The first-order valence-electron chi connectivity index (χ1n) is 4.74. The van der Waals surface area contributed by atoms with Crippen LogP contribution < -0.4 is 0 Å². The molecule has 82 valence electrons. The summed E-state index contributed by atoms with van der Waals surface area (Å²) in [6.45, 7) is 2.02. The SMILES string of the molecule is Cc1cc(Br)ccc1-c1ccc(/C=N\O)o1. The molecule has 1 N–H and O–H groups in total. The summed E-state index contributed by atoms with van der Waals surface area (Å²) in [5.74, 6) is 1.29. The van der Waals surface area contributed by atoms with E-state index >= 15 is 0 Å². The number of oxime groups is 1. The lowest BCUT2D eigenvalue weighted by molar-refractivity contribution is 0.321. The topological polar surface area (TPSA) is 45.7 Å². The number of hydrogen-bond acceptors (Lipinski definition) is 3. The summed E-state index contributed by atoms with van der Waals surface area (Å²) in [4.78, 5) is 0. The molecule has 0 saturated heterocycles. The number of furan rings is 1. The van der Waals surface area contributed by atoms with Gasteiger partial charge in [-0.05, 0) is 42.8 Å². The Kier molecular flexibility index (Phi) is 3.10. The van der Waals surface area contributed by atoms with E-state index < -0.39 is 0 Å². The van der Waals surface area contributed by atoms with E-state index in [0.29, 0.717) is 5.76 Å². The molecule has 4 heteroatoms. The third kappa shape index (κ3) is 2.17. The van der Waals surface area contributed by atoms with Gasteiger partial charge in [0.2, 0.25) is 0 Å². The number of hydrogen-bond donors (Lipinski definition) is 1. The van der Waals surface area contributed by atoms with Crippen molar-refractivity contribution in [3.05, 3.63) is 46.1 Å². The minimum atomic E-state index is 0.528. The zero-order chi connectivity index (χ0) is 11.5. The Morgan fingerprint density at radius 3 is 2.81 bits per heavy atom. The molecule has 16 heavy (non-hydrogen) atoms. The zero-order valence-electron chi connectivity index (χ0n) is 8.64. The summed E-state index contributed by atoms with van der Waals surface area (Å²) < 4.78 is 6.55. The van der Waals surface area contributed by atoms with Crippen molar-refractivity contribution < 1.29 is 9.62 Å². The molecule has 2 rings (SSSR count). The lowest BCUT2D eigenvalue weighted by Crippen LogP contribution is -1.80. The molecule has 0 fully saturated rings. The maximum atomic E-state index is 8.39. The first-order valence-corrected chi connectivity index (χ1v) is 5.54. The van der Waals surface area contributed by atoms with Crippen molar-refractivity contribution >= 4 is 22.1 Å². The number of halogens is 1. The van der Waals surface area contributed by atoms with Crippen LogP contribution in [0.5, 0.6) is 0 Å². The summed E-state index contributed by atoms with van der Waals surface area (Å²) in [6.07, 6.45) is 1.26. The highest BCUT2D eigenvalue weighted by molar-refractivity contribution is 9.10. The molecule has 0 bridgehead atoms. The number of rotatable bonds is 2. The van der Waals surface area contributed by atoms with Gasteiger partial charge in [0.25, 0.3) is 0 Å². The van der Waals surface area contributed by atoms with Crippen molar-refractivity contribution in [1.82, 2.24) is 0 Å². The third-order valence-corrected chi connectivity index (χ3v) is 2.76. The minimum absolute atomic E-state index is 0.528. The zero-order valence-corrected chi connectivity index (χ0v) is 10.2. The van der Waals surface area contributed by atoms with E-state index in [-0.39, 0.29) is 0 Å². The first kappa shape index (κ1) is 11.0. The van der Waals surface area contributed by atoms with Crippen LogP contribution in [-0.4, -0.2) is 11.4 Å². The molecule has 1 aromatic carbocycles. The predicted molar refractivity (Wildman–Crippen MR) is 66.0 cm³/mol. The number of aryl methyl sites for hydroxylation is 1. The lowest BCUT2D eigenvalue weighted by Gasteiger charge is -2.02. The van der Waals surface area contributed by atoms with Gasteiger partial charge >= 0.3 is 0 Å². The molecular weight excluding hydrogens is 270 g/mol. The first-order chi connectivity index (χ1) is 7.70. The van der Waals surface area contributed by atoms with Crippen molar-refractivity contribution in [1.29, 1.82) is 0 Å². The Balaban J connectivity index is 2.42. The van der Waals surface area contributed by atoms with Gasteiger partial charge in [-0.15, -0.1) is 0 Å². The minimum Gasteiger partial charge on any atom is -0.455 e. The molecule has 0 aliphatic carbocycles. The second-order valence-corrected chi connectivity index (χ2v) is 4.32. The summed E-state index contributed by atoms with van der Waals surface area (Å²) in [6, 6.07) is 9.59. The second kappa shape index (κ2) is 4.53. The van der Waals surface area contributed by atoms with E-state index in [1.807, 2.05) is 31.2 Å². The van der Waals surface area contributed by atoms with E-state index in [4.69, 9.17) is 9.62 Å². The Labute approximate surface area is 102 Å². The summed E-state index contributed by atoms with van der Waals surface area (Å²) in [7, 11) is 0. The average molecular weight is 280 g/mol. The van der Waals surface area contributed by atoms with E-state index in [0.717, 1.165) is 21.4 Å². The summed E-state index contributed by atoms with van der Waals surface area (Å²) >= 11 is 3.41. The quantitative estimate of drug-likeness (QED) is 0.516. The molecule has 0 radical (unpaired) electrons. The summed E-state index contributed by atoms with van der Waals surface area (Å²) in [5, 5.41) is 11.3. The fraction of sp³-hybridized carbons (Fsp3) is 0.0833. The van der Waals surface area contributed by atoms with E-state index in [2.05, 4.69) is 21.1 Å².